The average Bonchev–Trinajstić information content (AvgIpc) is 2.45. The van der Waals surface area contributed by atoms with Gasteiger partial charge >= 0.3 is 0 Å². The predicted molar refractivity (Wildman–Crippen MR) is 88.4 cm³/mol. The highest BCUT2D eigenvalue weighted by atomic mass is 16.5. The third kappa shape index (κ3) is 6.63. The summed E-state index contributed by atoms with van der Waals surface area (Å²) in [7, 11) is 8.02. The molecule has 0 spiro atoms. The van der Waals surface area contributed by atoms with Gasteiger partial charge in [0.2, 0.25) is 0 Å². The maximum Gasteiger partial charge on any atom is 0.119 e. The van der Waals surface area contributed by atoms with E-state index in [9.17, 15) is 0 Å². The van der Waals surface area contributed by atoms with Gasteiger partial charge in [0.1, 0.15) is 5.75 Å². The van der Waals surface area contributed by atoms with Crippen molar-refractivity contribution < 1.29 is 4.74 Å². The smallest absolute Gasteiger partial charge is 0.119 e. The van der Waals surface area contributed by atoms with Gasteiger partial charge in [0.25, 0.3) is 0 Å². The first-order chi connectivity index (χ1) is 10.1. The Kier molecular flexibility index (Phi) is 7.84. The van der Waals surface area contributed by atoms with Gasteiger partial charge in [0.05, 0.1) is 13.7 Å². The topological polar surface area (TPSA) is 41.7 Å². The fourth-order valence-electron chi connectivity index (χ4n) is 2.12. The molecule has 0 amide bonds. The Morgan fingerprint density at radius 2 is 1.95 bits per heavy atom. The molecule has 0 aliphatic heterocycles. The van der Waals surface area contributed by atoms with Gasteiger partial charge < -0.3 is 20.3 Å². The molecule has 0 aliphatic rings. The van der Waals surface area contributed by atoms with Crippen LogP contribution in [0.3, 0.4) is 0 Å². The van der Waals surface area contributed by atoms with Crippen molar-refractivity contribution in [3.8, 4) is 17.6 Å². The van der Waals surface area contributed by atoms with Crippen LogP contribution in [0.25, 0.3) is 0 Å². The average molecular weight is 289 g/mol. The molecule has 0 atom stereocenters. The maximum atomic E-state index is 5.46. The largest absolute Gasteiger partial charge is 0.497 e. The van der Waals surface area contributed by atoms with Gasteiger partial charge in [-0.05, 0) is 64.4 Å². The summed E-state index contributed by atoms with van der Waals surface area (Å²) in [6.45, 7) is 3.39. The van der Waals surface area contributed by atoms with Gasteiger partial charge in [-0.15, -0.1) is 0 Å². The number of hydrogen-bond acceptors (Lipinski definition) is 4. The van der Waals surface area contributed by atoms with Crippen LogP contribution < -0.4 is 10.5 Å². The standard InChI is InChI=1S/C17H27N3O/c1-19(2)11-6-12-20(3)14-16-13-17(21-4)9-8-15(16)7-5-10-18/h8-9,13H,6,10-12,14,18H2,1-4H3. The molecular weight excluding hydrogens is 262 g/mol. The van der Waals surface area contributed by atoms with Crippen molar-refractivity contribution in [2.45, 2.75) is 13.0 Å². The van der Waals surface area contributed by atoms with Crippen LogP contribution in [0.1, 0.15) is 17.5 Å². The molecular formula is C17H27N3O. The van der Waals surface area contributed by atoms with Gasteiger partial charge in [-0.1, -0.05) is 11.8 Å². The summed E-state index contributed by atoms with van der Waals surface area (Å²) in [6, 6.07) is 6.00. The van der Waals surface area contributed by atoms with E-state index in [4.69, 9.17) is 10.5 Å². The van der Waals surface area contributed by atoms with E-state index < -0.39 is 0 Å². The van der Waals surface area contributed by atoms with E-state index in [-0.39, 0.29) is 0 Å². The van der Waals surface area contributed by atoms with E-state index in [0.29, 0.717) is 6.54 Å². The van der Waals surface area contributed by atoms with Crippen molar-refractivity contribution in [3.05, 3.63) is 29.3 Å². The van der Waals surface area contributed by atoms with Crippen LogP contribution >= 0.6 is 0 Å². The number of methoxy groups -OCH3 is 1. The van der Waals surface area contributed by atoms with Gasteiger partial charge in [-0.25, -0.2) is 0 Å². The minimum atomic E-state index is 0.379. The number of nitrogens with two attached hydrogens (primary N) is 1. The molecule has 21 heavy (non-hydrogen) atoms. The molecule has 0 radical (unpaired) electrons. The SMILES string of the molecule is COc1ccc(C#CCN)c(CN(C)CCCN(C)C)c1. The summed E-state index contributed by atoms with van der Waals surface area (Å²) in [5.41, 5.74) is 7.68. The maximum absolute atomic E-state index is 5.46. The molecule has 116 valence electrons. The molecule has 1 aromatic carbocycles. The minimum Gasteiger partial charge on any atom is -0.497 e. The lowest BCUT2D eigenvalue weighted by atomic mass is 10.1. The van der Waals surface area contributed by atoms with Crippen molar-refractivity contribution in [1.29, 1.82) is 0 Å². The Labute approximate surface area is 128 Å². The molecule has 1 aromatic rings. The van der Waals surface area contributed by atoms with E-state index in [1.807, 2.05) is 12.1 Å². The Morgan fingerprint density at radius 3 is 2.57 bits per heavy atom. The molecule has 0 aromatic heterocycles. The highest BCUT2D eigenvalue weighted by Crippen LogP contribution is 2.18. The first-order valence-corrected chi connectivity index (χ1v) is 7.26. The number of rotatable bonds is 7. The van der Waals surface area contributed by atoms with Crippen LogP contribution in [0.2, 0.25) is 0 Å². The molecule has 2 N–H and O–H groups in total. The molecule has 0 fully saturated rings. The third-order valence-electron chi connectivity index (χ3n) is 3.22. The monoisotopic (exact) mass is 289 g/mol. The Hall–Kier alpha value is -1.54. The number of ether oxygens (including phenoxy) is 1. The highest BCUT2D eigenvalue weighted by Gasteiger charge is 2.06. The Balaban J connectivity index is 2.74. The zero-order valence-corrected chi connectivity index (χ0v) is 13.6. The normalized spacial score (nSPS) is 10.6. The highest BCUT2D eigenvalue weighted by molar-refractivity contribution is 5.45. The predicted octanol–water partition coefficient (Wildman–Crippen LogP) is 1.39. The lowest BCUT2D eigenvalue weighted by molar-refractivity contribution is 0.294. The van der Waals surface area contributed by atoms with Crippen LogP contribution in [-0.2, 0) is 6.54 Å². The van der Waals surface area contributed by atoms with Gasteiger partial charge in [0.15, 0.2) is 0 Å². The van der Waals surface area contributed by atoms with Gasteiger partial charge in [0, 0.05) is 12.1 Å². The molecule has 0 saturated heterocycles. The van der Waals surface area contributed by atoms with Gasteiger partial charge in [-0.3, -0.25) is 0 Å². The molecule has 0 heterocycles. The minimum absolute atomic E-state index is 0.379. The van der Waals surface area contributed by atoms with Crippen LogP contribution in [0.5, 0.6) is 5.75 Å². The second-order valence-electron chi connectivity index (χ2n) is 5.42. The van der Waals surface area contributed by atoms with Crippen LogP contribution in [0.4, 0.5) is 0 Å². The second-order valence-corrected chi connectivity index (χ2v) is 5.42. The van der Waals surface area contributed by atoms with Crippen LogP contribution in [-0.4, -0.2) is 57.7 Å². The summed E-state index contributed by atoms with van der Waals surface area (Å²) in [4.78, 5) is 4.52. The molecule has 0 saturated carbocycles. The molecule has 1 rings (SSSR count). The lowest BCUT2D eigenvalue weighted by Gasteiger charge is -2.19. The first kappa shape index (κ1) is 17.5. The van der Waals surface area contributed by atoms with E-state index in [2.05, 4.69) is 48.9 Å². The quantitative estimate of drug-likeness (QED) is 0.770. The van der Waals surface area contributed by atoms with Crippen LogP contribution in [0.15, 0.2) is 18.2 Å². The summed E-state index contributed by atoms with van der Waals surface area (Å²) in [6.07, 6.45) is 1.15. The number of benzene rings is 1. The zero-order valence-electron chi connectivity index (χ0n) is 13.6. The zero-order chi connectivity index (χ0) is 15.7. The van der Waals surface area contributed by atoms with Crippen molar-refractivity contribution in [2.75, 3.05) is 47.9 Å². The molecule has 0 bridgehead atoms. The number of nitrogens with zero attached hydrogens (tertiary/aromatic N) is 2. The summed E-state index contributed by atoms with van der Waals surface area (Å²) in [5.74, 6) is 6.93. The molecule has 4 nitrogen and oxygen atoms in total. The molecule has 0 unspecified atom stereocenters. The fraction of sp³-hybridized carbons (Fsp3) is 0.529. The van der Waals surface area contributed by atoms with E-state index >= 15 is 0 Å². The van der Waals surface area contributed by atoms with Crippen molar-refractivity contribution in [3.63, 3.8) is 0 Å². The summed E-state index contributed by atoms with van der Waals surface area (Å²) < 4.78 is 5.31. The lowest BCUT2D eigenvalue weighted by Crippen LogP contribution is -2.23. The molecule has 0 aliphatic carbocycles. The second kappa shape index (κ2) is 9.41. The number of hydrogen-bond donors (Lipinski definition) is 1. The fourth-order valence-corrected chi connectivity index (χ4v) is 2.12. The summed E-state index contributed by atoms with van der Waals surface area (Å²) >= 11 is 0. The van der Waals surface area contributed by atoms with E-state index in [1.54, 1.807) is 7.11 Å². The first-order valence-electron chi connectivity index (χ1n) is 7.26. The van der Waals surface area contributed by atoms with Crippen molar-refractivity contribution >= 4 is 0 Å². The van der Waals surface area contributed by atoms with Gasteiger partial charge in [-0.2, -0.15) is 0 Å². The summed E-state index contributed by atoms with van der Waals surface area (Å²) in [5, 5.41) is 0. The van der Waals surface area contributed by atoms with Crippen LogP contribution in [0, 0.1) is 11.8 Å². The van der Waals surface area contributed by atoms with Crippen molar-refractivity contribution in [2.24, 2.45) is 5.73 Å². The molecule has 4 heteroatoms. The van der Waals surface area contributed by atoms with E-state index in [0.717, 1.165) is 37.4 Å². The van der Waals surface area contributed by atoms with Crippen molar-refractivity contribution in [1.82, 2.24) is 9.80 Å². The Morgan fingerprint density at radius 1 is 1.19 bits per heavy atom. The third-order valence-corrected chi connectivity index (χ3v) is 3.22. The Bertz CT molecular complexity index is 489. The van der Waals surface area contributed by atoms with E-state index in [1.165, 1.54) is 5.56 Å².